The summed E-state index contributed by atoms with van der Waals surface area (Å²) in [6, 6.07) is 11.2. The van der Waals surface area contributed by atoms with Gasteiger partial charge in [0.2, 0.25) is 6.41 Å². The Bertz CT molecular complexity index is 3020. The quantitative estimate of drug-likeness (QED) is 0.106. The standard InChI is InChI=1S/C21H26N2O4.C20H26N2O3.C20H23NO4.5CH4/c24-11-22-14-5-6-21(26)16-9-13-3-4-15(25)18-17(13)20(21,19(14)27-18)7-8-23(16)10-12-1-2-12;21-13-5-6-20(24)15-9-12-3-4-14(23)17-16(12)19(20,18(13)25-17)7-8-22(15)10-11-1-2-11;22-13-4-3-12-9-15-20(24)6-5-14(23)18-19(20,16(12)17(13)25-18)7-8-21(15)10-11-1-2-11;;;;;/h3-4,11-12,14,16,19,25-26H,1-2,5-10H2,(H,22,24);3-4,11,13,15,18,23-24H,1-2,5-10,21H2;3-4,11,15,18,22,24H,1-2,5-10H2;5*1H4/t14-,16+,19-,20-,21+;13-,15+,18-,19-,20+;15-,18+,19+,20-;;;;;/m001...../s1. The number of rotatable bonds is 8. The van der Waals surface area contributed by atoms with Crippen molar-refractivity contribution in [1.82, 2.24) is 20.0 Å². The van der Waals surface area contributed by atoms with Gasteiger partial charge in [0.05, 0.1) is 39.1 Å². The first-order valence-corrected chi connectivity index (χ1v) is 29.6. The normalized spacial score (nSPS) is 39.8. The summed E-state index contributed by atoms with van der Waals surface area (Å²) in [5.74, 6) is 4.44. The van der Waals surface area contributed by atoms with Gasteiger partial charge in [0.1, 0.15) is 12.2 Å². The first kappa shape index (κ1) is 59.1. The lowest BCUT2D eigenvalue weighted by Crippen LogP contribution is -2.78. The number of ether oxygens (including phenoxy) is 3. The Labute approximate surface area is 486 Å². The van der Waals surface area contributed by atoms with E-state index in [1.165, 1.54) is 49.7 Å². The van der Waals surface area contributed by atoms with Gasteiger partial charge in [-0.1, -0.05) is 55.3 Å². The van der Waals surface area contributed by atoms with E-state index in [0.717, 1.165) is 137 Å². The smallest absolute Gasteiger partial charge is 0.207 e. The SMILES string of the molecule is C.C.C.C.C.N[C@H]1CC[C@@]2(O)[C@H]3Cc4ccc(O)c5c4[C@@]2(CCN3CC2CC2)[C@H]1O5.O=C1CC[C@@]2(O)[C@H]3Cc4ccc(O)c5c4[C@@]2(CCN3CC2CC2)[C@H]1O5.O=CN[C@H]1CC[C@@]2(O)[C@H]3Cc4ccc(O)c5c4[C@@]2(CCN3CC2CC2)[C@H]1O5. The van der Waals surface area contributed by atoms with Crippen LogP contribution in [0.3, 0.4) is 0 Å². The van der Waals surface area contributed by atoms with Crippen LogP contribution >= 0.6 is 0 Å². The molecule has 18 rings (SSSR count). The number of nitrogens with one attached hydrogen (secondary N) is 1. The van der Waals surface area contributed by atoms with Gasteiger partial charge in [-0.15, -0.1) is 0 Å². The summed E-state index contributed by atoms with van der Waals surface area (Å²) in [6.07, 6.45) is 16.0. The number of carbonyl (C=O) groups excluding carboxylic acids is 2. The fourth-order valence-corrected chi connectivity index (χ4v) is 19.5. The molecule has 6 aliphatic heterocycles. The van der Waals surface area contributed by atoms with Crippen molar-refractivity contribution in [3.63, 3.8) is 0 Å². The van der Waals surface area contributed by atoms with E-state index in [1.54, 1.807) is 18.2 Å². The Hall–Kier alpha value is -4.68. The molecule has 3 saturated heterocycles. The Balaban J connectivity index is 0.000000125. The molecule has 15 aliphatic rings. The number of benzene rings is 3. The minimum absolute atomic E-state index is 0. The molecule has 3 aromatic carbocycles. The number of nitrogens with zero attached hydrogens (tertiary/aromatic N) is 3. The number of hydrogen-bond acceptors (Lipinski definition) is 15. The van der Waals surface area contributed by atoms with Gasteiger partial charge < -0.3 is 55.9 Å². The van der Waals surface area contributed by atoms with E-state index in [9.17, 15) is 40.2 Å². The molecule has 82 heavy (non-hydrogen) atoms. The van der Waals surface area contributed by atoms with E-state index >= 15 is 0 Å². The first-order chi connectivity index (χ1) is 37.2. The third kappa shape index (κ3) is 7.51. The van der Waals surface area contributed by atoms with Crippen molar-refractivity contribution in [2.75, 3.05) is 39.3 Å². The van der Waals surface area contributed by atoms with Crippen molar-refractivity contribution in [3.05, 3.63) is 69.8 Å². The molecule has 9 aliphatic carbocycles. The summed E-state index contributed by atoms with van der Waals surface area (Å²) in [5.41, 5.74) is 8.76. The lowest BCUT2D eigenvalue weighted by molar-refractivity contribution is -0.191. The van der Waals surface area contributed by atoms with Gasteiger partial charge >= 0.3 is 0 Å². The zero-order valence-corrected chi connectivity index (χ0v) is 44.0. The molecule has 9 fully saturated rings. The summed E-state index contributed by atoms with van der Waals surface area (Å²) in [7, 11) is 0. The maximum atomic E-state index is 12.7. The number of phenolic OH excluding ortho intramolecular Hbond substituents is 3. The molecule has 450 valence electrons. The van der Waals surface area contributed by atoms with E-state index in [4.69, 9.17) is 19.9 Å². The molecule has 3 aromatic rings. The van der Waals surface area contributed by atoms with Gasteiger partial charge in [-0.05, 0) is 181 Å². The second-order valence-electron chi connectivity index (χ2n) is 26.9. The number of hydrogen-bond donors (Lipinski definition) is 8. The van der Waals surface area contributed by atoms with Crippen LogP contribution in [0.4, 0.5) is 0 Å². The van der Waals surface area contributed by atoms with Gasteiger partial charge in [0, 0.05) is 66.9 Å². The van der Waals surface area contributed by atoms with Crippen LogP contribution in [0.1, 0.15) is 167 Å². The van der Waals surface area contributed by atoms with Crippen LogP contribution < -0.4 is 25.3 Å². The Morgan fingerprint density at radius 3 is 1.37 bits per heavy atom. The van der Waals surface area contributed by atoms with Crippen LogP contribution in [-0.4, -0.2) is 162 Å². The van der Waals surface area contributed by atoms with Gasteiger partial charge in [-0.25, -0.2) is 0 Å². The second-order valence-corrected chi connectivity index (χ2v) is 26.9. The maximum Gasteiger partial charge on any atom is 0.207 e. The number of carbonyl (C=O) groups is 2. The third-order valence-electron chi connectivity index (χ3n) is 23.4. The Kier molecular flexibility index (Phi) is 14.4. The third-order valence-corrected chi connectivity index (χ3v) is 23.4. The average molecular weight is 1130 g/mol. The Morgan fingerprint density at radius 2 is 0.915 bits per heavy atom. The fraction of sp³-hybridized carbons (Fsp3) is 0.697. The van der Waals surface area contributed by atoms with Crippen molar-refractivity contribution < 1.29 is 54.4 Å². The van der Waals surface area contributed by atoms with Crippen LogP contribution in [0.15, 0.2) is 36.4 Å². The highest BCUT2D eigenvalue weighted by molar-refractivity contribution is 5.90. The zero-order chi connectivity index (χ0) is 52.3. The van der Waals surface area contributed by atoms with Crippen molar-refractivity contribution in [2.24, 2.45) is 23.5 Å². The maximum absolute atomic E-state index is 12.7. The average Bonchev–Trinajstić information content (AvgIpc) is 3.13. The monoisotopic (exact) mass is 1130 g/mol. The molecular formula is C66H95N5O11. The first-order valence-electron chi connectivity index (χ1n) is 29.6. The molecule has 6 bridgehead atoms. The van der Waals surface area contributed by atoms with Crippen molar-refractivity contribution >= 4 is 12.2 Å². The summed E-state index contributed by atoms with van der Waals surface area (Å²) in [5, 5.41) is 70.3. The summed E-state index contributed by atoms with van der Waals surface area (Å²) in [4.78, 5) is 31.5. The van der Waals surface area contributed by atoms with Crippen LogP contribution in [0.25, 0.3) is 0 Å². The molecule has 6 heterocycles. The number of Topliss-reactive ketones (excluding diaryl/α,β-unsaturated/α-hetero) is 1. The molecule has 0 unspecified atom stereocenters. The molecule has 14 atom stereocenters. The second kappa shape index (κ2) is 19.9. The van der Waals surface area contributed by atoms with Gasteiger partial charge in [-0.3, -0.25) is 24.3 Å². The lowest BCUT2D eigenvalue weighted by Gasteiger charge is -2.64. The van der Waals surface area contributed by atoms with Crippen LogP contribution in [0, 0.1) is 17.8 Å². The van der Waals surface area contributed by atoms with Gasteiger partial charge in [0.25, 0.3) is 0 Å². The van der Waals surface area contributed by atoms with Crippen LogP contribution in [-0.2, 0) is 45.1 Å². The number of ketones is 1. The van der Waals surface area contributed by atoms with E-state index < -0.39 is 39.2 Å². The highest BCUT2D eigenvalue weighted by Gasteiger charge is 2.76. The number of likely N-dealkylation sites (tertiary alicyclic amines) is 3. The summed E-state index contributed by atoms with van der Waals surface area (Å²) >= 11 is 0. The number of piperidine rings is 3. The summed E-state index contributed by atoms with van der Waals surface area (Å²) < 4.78 is 18.6. The molecular weight excluding hydrogens is 1040 g/mol. The number of aromatic hydroxyl groups is 3. The molecule has 0 radical (unpaired) electrons. The topological polar surface area (TPSA) is 231 Å². The predicted octanol–water partition coefficient (Wildman–Crippen LogP) is 7.06. The molecule has 1 amide bonds. The Morgan fingerprint density at radius 1 is 0.524 bits per heavy atom. The fourth-order valence-electron chi connectivity index (χ4n) is 19.5. The molecule has 3 spiro atoms. The van der Waals surface area contributed by atoms with E-state index in [-0.39, 0.29) is 103 Å². The summed E-state index contributed by atoms with van der Waals surface area (Å²) in [6.45, 7) is 6.07. The zero-order valence-electron chi connectivity index (χ0n) is 44.0. The predicted molar refractivity (Wildman–Crippen MR) is 314 cm³/mol. The molecule has 16 heteroatoms. The van der Waals surface area contributed by atoms with Crippen molar-refractivity contribution in [1.29, 1.82) is 0 Å². The number of phenols is 3. The molecule has 9 N–H and O–H groups in total. The van der Waals surface area contributed by atoms with Crippen molar-refractivity contribution in [3.8, 4) is 34.5 Å². The van der Waals surface area contributed by atoms with Crippen LogP contribution in [0.5, 0.6) is 34.5 Å². The molecule has 16 nitrogen and oxygen atoms in total. The van der Waals surface area contributed by atoms with E-state index in [2.05, 4.69) is 20.0 Å². The lowest BCUT2D eigenvalue weighted by atomic mass is 9.48. The number of nitrogens with two attached hydrogens (primary N) is 1. The molecule has 0 aromatic heterocycles. The van der Waals surface area contributed by atoms with Gasteiger partial charge in [0.15, 0.2) is 46.4 Å². The minimum atomic E-state index is -0.940. The number of amides is 1. The molecule has 6 saturated carbocycles. The van der Waals surface area contributed by atoms with Crippen LogP contribution in [0.2, 0.25) is 0 Å². The highest BCUT2D eigenvalue weighted by atomic mass is 16.5. The van der Waals surface area contributed by atoms with Crippen molar-refractivity contribution in [2.45, 2.75) is 234 Å². The minimum Gasteiger partial charge on any atom is -0.504 e. The van der Waals surface area contributed by atoms with E-state index in [0.29, 0.717) is 42.9 Å². The van der Waals surface area contributed by atoms with E-state index in [1.807, 2.05) is 18.2 Å². The van der Waals surface area contributed by atoms with Gasteiger partial charge in [-0.2, -0.15) is 0 Å². The largest absolute Gasteiger partial charge is 0.504 e. The highest BCUT2D eigenvalue weighted by Crippen LogP contribution is 2.69. The number of aliphatic hydroxyl groups is 3.